The number of aromatic nitrogens is 3. The zero-order valence-electron chi connectivity index (χ0n) is 12.2. The van der Waals surface area contributed by atoms with Crippen LogP contribution in [0, 0.1) is 20.8 Å². The summed E-state index contributed by atoms with van der Waals surface area (Å²) in [6.45, 7) is 10.1. The molecule has 102 valence electrons. The molecule has 19 heavy (non-hydrogen) atoms. The van der Waals surface area contributed by atoms with E-state index in [1.165, 1.54) is 11.3 Å². The van der Waals surface area contributed by atoms with Gasteiger partial charge in [-0.05, 0) is 44.9 Å². The van der Waals surface area contributed by atoms with E-state index in [1.807, 2.05) is 29.8 Å². The first-order valence-electron chi connectivity index (χ1n) is 6.82. The lowest BCUT2D eigenvalue weighted by Crippen LogP contribution is -2.08. The molecule has 2 rings (SSSR count). The normalized spacial score (nSPS) is 10.7. The Hall–Kier alpha value is -1.84. The lowest BCUT2D eigenvalue weighted by atomic mass is 10.2. The summed E-state index contributed by atoms with van der Waals surface area (Å²) in [5.41, 5.74) is 4.61. The third kappa shape index (κ3) is 3.13. The molecule has 0 spiro atoms. The summed E-state index contributed by atoms with van der Waals surface area (Å²) in [7, 11) is 0. The first-order chi connectivity index (χ1) is 9.11. The van der Waals surface area contributed by atoms with Crippen molar-refractivity contribution >= 4 is 5.82 Å². The van der Waals surface area contributed by atoms with E-state index < -0.39 is 0 Å². The lowest BCUT2D eigenvalue weighted by molar-refractivity contribution is 0.646. The molecule has 0 saturated heterocycles. The number of nitrogens with one attached hydrogen (secondary N) is 1. The summed E-state index contributed by atoms with van der Waals surface area (Å²) in [6.07, 6.45) is 1.10. The highest BCUT2D eigenvalue weighted by Gasteiger charge is 2.08. The van der Waals surface area contributed by atoms with Crippen molar-refractivity contribution in [1.29, 1.82) is 0 Å². The van der Waals surface area contributed by atoms with Gasteiger partial charge in [-0.2, -0.15) is 5.10 Å². The van der Waals surface area contributed by atoms with Crippen LogP contribution in [0.1, 0.15) is 36.0 Å². The molecule has 4 nitrogen and oxygen atoms in total. The molecule has 0 atom stereocenters. The van der Waals surface area contributed by atoms with Crippen LogP contribution in [-0.2, 0) is 6.54 Å². The van der Waals surface area contributed by atoms with Gasteiger partial charge in [0.15, 0.2) is 0 Å². The standard InChI is InChI=1S/C15H22N4/c1-5-9-16-15-8-6-7-14(17-15)10-19-13(4)11(2)12(3)18-19/h6-8H,5,9-10H2,1-4H3,(H,16,17). The van der Waals surface area contributed by atoms with Gasteiger partial charge in [-0.25, -0.2) is 4.98 Å². The van der Waals surface area contributed by atoms with Crippen molar-refractivity contribution in [2.75, 3.05) is 11.9 Å². The van der Waals surface area contributed by atoms with E-state index in [4.69, 9.17) is 0 Å². The monoisotopic (exact) mass is 258 g/mol. The third-order valence-electron chi connectivity index (χ3n) is 3.42. The fraction of sp³-hybridized carbons (Fsp3) is 0.467. The van der Waals surface area contributed by atoms with Gasteiger partial charge in [0.05, 0.1) is 17.9 Å². The van der Waals surface area contributed by atoms with Crippen LogP contribution >= 0.6 is 0 Å². The number of aryl methyl sites for hydroxylation is 1. The Kier molecular flexibility index (Phi) is 4.20. The summed E-state index contributed by atoms with van der Waals surface area (Å²) >= 11 is 0. The summed E-state index contributed by atoms with van der Waals surface area (Å²) < 4.78 is 2.02. The number of rotatable bonds is 5. The van der Waals surface area contributed by atoms with E-state index >= 15 is 0 Å². The van der Waals surface area contributed by atoms with Crippen molar-refractivity contribution in [2.24, 2.45) is 0 Å². The first-order valence-corrected chi connectivity index (χ1v) is 6.82. The van der Waals surface area contributed by atoms with Crippen molar-refractivity contribution in [3.8, 4) is 0 Å². The van der Waals surface area contributed by atoms with E-state index in [9.17, 15) is 0 Å². The van der Waals surface area contributed by atoms with Crippen LogP contribution in [0.25, 0.3) is 0 Å². The Morgan fingerprint density at radius 1 is 1.21 bits per heavy atom. The Labute approximate surface area is 114 Å². The molecule has 2 heterocycles. The van der Waals surface area contributed by atoms with Gasteiger partial charge in [0, 0.05) is 12.2 Å². The summed E-state index contributed by atoms with van der Waals surface area (Å²) in [4.78, 5) is 4.61. The van der Waals surface area contributed by atoms with Gasteiger partial charge >= 0.3 is 0 Å². The Balaban J connectivity index is 2.16. The average molecular weight is 258 g/mol. The highest BCUT2D eigenvalue weighted by molar-refractivity contribution is 5.35. The molecule has 0 unspecified atom stereocenters. The van der Waals surface area contributed by atoms with Gasteiger partial charge in [-0.15, -0.1) is 0 Å². The maximum Gasteiger partial charge on any atom is 0.126 e. The second-order valence-corrected chi connectivity index (χ2v) is 4.89. The van der Waals surface area contributed by atoms with E-state index in [1.54, 1.807) is 0 Å². The smallest absolute Gasteiger partial charge is 0.126 e. The minimum Gasteiger partial charge on any atom is -0.370 e. The van der Waals surface area contributed by atoms with Gasteiger partial charge in [0.2, 0.25) is 0 Å². The number of hydrogen-bond donors (Lipinski definition) is 1. The average Bonchev–Trinajstić information content (AvgIpc) is 2.64. The van der Waals surface area contributed by atoms with Gasteiger partial charge in [0.25, 0.3) is 0 Å². The molecule has 0 radical (unpaired) electrons. The Bertz CT molecular complexity index is 557. The maximum atomic E-state index is 4.61. The molecule has 0 aromatic carbocycles. The minimum absolute atomic E-state index is 0.724. The predicted octanol–water partition coefficient (Wildman–Crippen LogP) is 3.07. The fourth-order valence-electron chi connectivity index (χ4n) is 2.01. The van der Waals surface area contributed by atoms with Crippen LogP contribution in [0.3, 0.4) is 0 Å². The molecule has 2 aromatic heterocycles. The van der Waals surface area contributed by atoms with Crippen molar-refractivity contribution in [3.05, 3.63) is 40.8 Å². The van der Waals surface area contributed by atoms with E-state index in [0.29, 0.717) is 0 Å². The van der Waals surface area contributed by atoms with Crippen LogP contribution in [0.4, 0.5) is 5.82 Å². The highest BCUT2D eigenvalue weighted by atomic mass is 15.3. The van der Waals surface area contributed by atoms with Gasteiger partial charge in [0.1, 0.15) is 5.82 Å². The minimum atomic E-state index is 0.724. The molecule has 0 saturated carbocycles. The second kappa shape index (κ2) is 5.87. The molecule has 1 N–H and O–H groups in total. The number of pyridine rings is 1. The molecule has 0 aliphatic rings. The topological polar surface area (TPSA) is 42.7 Å². The van der Waals surface area contributed by atoms with Crippen molar-refractivity contribution in [3.63, 3.8) is 0 Å². The van der Waals surface area contributed by atoms with Crippen molar-refractivity contribution in [2.45, 2.75) is 40.7 Å². The van der Waals surface area contributed by atoms with Gasteiger partial charge in [-0.3, -0.25) is 4.68 Å². The van der Waals surface area contributed by atoms with Crippen LogP contribution < -0.4 is 5.32 Å². The quantitative estimate of drug-likeness (QED) is 0.896. The van der Waals surface area contributed by atoms with Crippen molar-refractivity contribution in [1.82, 2.24) is 14.8 Å². The van der Waals surface area contributed by atoms with E-state index in [0.717, 1.165) is 36.7 Å². The Morgan fingerprint density at radius 3 is 2.63 bits per heavy atom. The second-order valence-electron chi connectivity index (χ2n) is 4.89. The van der Waals surface area contributed by atoms with Crippen LogP contribution in [-0.4, -0.2) is 21.3 Å². The zero-order valence-corrected chi connectivity index (χ0v) is 12.2. The molecule has 2 aromatic rings. The Morgan fingerprint density at radius 2 is 2.00 bits per heavy atom. The molecule has 0 aliphatic heterocycles. The fourth-order valence-corrected chi connectivity index (χ4v) is 2.01. The predicted molar refractivity (Wildman–Crippen MR) is 78.6 cm³/mol. The maximum absolute atomic E-state index is 4.61. The van der Waals surface area contributed by atoms with Gasteiger partial charge < -0.3 is 5.32 Å². The van der Waals surface area contributed by atoms with Gasteiger partial charge in [-0.1, -0.05) is 13.0 Å². The highest BCUT2D eigenvalue weighted by Crippen LogP contribution is 2.13. The number of nitrogens with zero attached hydrogens (tertiary/aromatic N) is 3. The third-order valence-corrected chi connectivity index (χ3v) is 3.42. The molecule has 0 bridgehead atoms. The summed E-state index contributed by atoms with van der Waals surface area (Å²) in [5.74, 6) is 0.942. The van der Waals surface area contributed by atoms with E-state index in [-0.39, 0.29) is 0 Å². The summed E-state index contributed by atoms with van der Waals surface area (Å²) in [6, 6.07) is 6.09. The summed E-state index contributed by atoms with van der Waals surface area (Å²) in [5, 5.41) is 7.86. The number of anilines is 1. The molecular formula is C15H22N4. The van der Waals surface area contributed by atoms with Crippen LogP contribution in [0.15, 0.2) is 18.2 Å². The molecule has 4 heteroatoms. The van der Waals surface area contributed by atoms with Crippen LogP contribution in [0.5, 0.6) is 0 Å². The largest absolute Gasteiger partial charge is 0.370 e. The first kappa shape index (κ1) is 13.6. The van der Waals surface area contributed by atoms with E-state index in [2.05, 4.69) is 36.2 Å². The molecule has 0 aliphatic carbocycles. The van der Waals surface area contributed by atoms with Crippen LogP contribution in [0.2, 0.25) is 0 Å². The zero-order chi connectivity index (χ0) is 13.8. The molecule has 0 amide bonds. The number of hydrogen-bond acceptors (Lipinski definition) is 3. The molecular weight excluding hydrogens is 236 g/mol. The SMILES string of the molecule is CCCNc1cccc(Cn2nc(C)c(C)c2C)n1. The lowest BCUT2D eigenvalue weighted by Gasteiger charge is -2.08. The molecule has 0 fully saturated rings. The van der Waals surface area contributed by atoms with Crippen molar-refractivity contribution < 1.29 is 0 Å².